The van der Waals surface area contributed by atoms with E-state index in [2.05, 4.69) is 12.2 Å². The number of benzene rings is 1. The molecule has 0 radical (unpaired) electrons. The van der Waals surface area contributed by atoms with Crippen LogP contribution in [-0.2, 0) is 4.79 Å². The summed E-state index contributed by atoms with van der Waals surface area (Å²) in [5.41, 5.74) is 2.32. The van der Waals surface area contributed by atoms with Crippen LogP contribution in [-0.4, -0.2) is 18.0 Å². The molecule has 108 valence electrons. The van der Waals surface area contributed by atoms with E-state index in [9.17, 15) is 9.90 Å². The Morgan fingerprint density at radius 3 is 2.57 bits per heavy atom. The number of aryl methyl sites for hydroxylation is 1. The van der Waals surface area contributed by atoms with Gasteiger partial charge in [0.25, 0.3) is 0 Å². The van der Waals surface area contributed by atoms with Gasteiger partial charge in [0.15, 0.2) is 5.78 Å². The van der Waals surface area contributed by atoms with Crippen LogP contribution in [0.5, 0.6) is 5.75 Å². The highest BCUT2D eigenvalue weighted by atomic mass is 16.5. The summed E-state index contributed by atoms with van der Waals surface area (Å²) in [7, 11) is 1.61. The molecule has 3 aliphatic carbocycles. The monoisotopic (exact) mass is 282 g/mol. The minimum absolute atomic E-state index is 0.00639. The van der Waals surface area contributed by atoms with Crippen LogP contribution in [0.3, 0.4) is 0 Å². The first-order chi connectivity index (χ1) is 10.1. The Morgan fingerprint density at radius 1 is 1.19 bits per heavy atom. The number of carbonyl (C=O) groups is 1. The average molecular weight is 282 g/mol. The Bertz CT molecular complexity index is 698. The predicted octanol–water partition coefficient (Wildman–Crippen LogP) is 3.29. The van der Waals surface area contributed by atoms with Crippen molar-refractivity contribution in [3.63, 3.8) is 0 Å². The van der Waals surface area contributed by atoms with E-state index in [1.54, 1.807) is 7.11 Å². The third-order valence-electron chi connectivity index (χ3n) is 5.29. The first kappa shape index (κ1) is 12.7. The van der Waals surface area contributed by atoms with Crippen molar-refractivity contribution in [3.8, 4) is 5.75 Å². The third kappa shape index (κ3) is 1.57. The number of hydrogen-bond donors (Lipinski definition) is 1. The maximum Gasteiger partial charge on any atom is 0.171 e. The van der Waals surface area contributed by atoms with Gasteiger partial charge in [-0.1, -0.05) is 18.2 Å². The third-order valence-corrected chi connectivity index (χ3v) is 5.29. The van der Waals surface area contributed by atoms with Crippen molar-refractivity contribution in [2.45, 2.75) is 13.3 Å². The topological polar surface area (TPSA) is 46.5 Å². The van der Waals surface area contributed by atoms with Crippen molar-refractivity contribution in [3.05, 3.63) is 47.2 Å². The van der Waals surface area contributed by atoms with Crippen molar-refractivity contribution in [2.24, 2.45) is 23.7 Å². The lowest BCUT2D eigenvalue weighted by atomic mass is 9.84. The molecule has 1 fully saturated rings. The second kappa shape index (κ2) is 4.23. The first-order valence-corrected chi connectivity index (χ1v) is 7.42. The number of aliphatic hydroxyl groups excluding tert-OH is 1. The van der Waals surface area contributed by atoms with Crippen LogP contribution < -0.4 is 4.74 Å². The molecule has 1 N–H and O–H groups in total. The van der Waals surface area contributed by atoms with Crippen LogP contribution in [0.15, 0.2) is 36.1 Å². The molecule has 21 heavy (non-hydrogen) atoms. The number of aliphatic hydroxyl groups is 1. The fourth-order valence-corrected chi connectivity index (χ4v) is 4.28. The highest BCUT2D eigenvalue weighted by Crippen LogP contribution is 2.57. The molecule has 0 spiro atoms. The molecule has 4 atom stereocenters. The maximum absolute atomic E-state index is 12.8. The van der Waals surface area contributed by atoms with Gasteiger partial charge in [0, 0.05) is 11.8 Å². The summed E-state index contributed by atoms with van der Waals surface area (Å²) >= 11 is 0. The molecule has 4 rings (SSSR count). The minimum atomic E-state index is -0.0550. The van der Waals surface area contributed by atoms with Crippen LogP contribution in [0.1, 0.15) is 17.5 Å². The molecule has 0 heterocycles. The Kier molecular flexibility index (Phi) is 2.56. The number of Topliss-reactive ketones (excluding diaryl/α,β-unsaturated/α-hetero) is 1. The van der Waals surface area contributed by atoms with E-state index >= 15 is 0 Å². The van der Waals surface area contributed by atoms with Crippen LogP contribution in [0.2, 0.25) is 0 Å². The Labute approximate surface area is 123 Å². The van der Waals surface area contributed by atoms with Gasteiger partial charge < -0.3 is 9.84 Å². The molecule has 0 saturated heterocycles. The van der Waals surface area contributed by atoms with Crippen molar-refractivity contribution < 1.29 is 14.6 Å². The lowest BCUT2D eigenvalue weighted by Gasteiger charge is -2.19. The lowest BCUT2D eigenvalue weighted by Crippen LogP contribution is -2.22. The van der Waals surface area contributed by atoms with Crippen molar-refractivity contribution >= 4 is 11.4 Å². The van der Waals surface area contributed by atoms with Crippen LogP contribution >= 0.6 is 0 Å². The van der Waals surface area contributed by atoms with Gasteiger partial charge in [-0.25, -0.2) is 0 Å². The summed E-state index contributed by atoms with van der Waals surface area (Å²) < 4.78 is 5.26. The molecule has 3 aliphatic rings. The quantitative estimate of drug-likeness (QED) is 0.847. The van der Waals surface area contributed by atoms with Gasteiger partial charge in [0.1, 0.15) is 11.5 Å². The zero-order valence-electron chi connectivity index (χ0n) is 12.2. The zero-order chi connectivity index (χ0) is 14.7. The zero-order valence-corrected chi connectivity index (χ0v) is 12.2. The molecule has 0 aliphatic heterocycles. The molecule has 2 bridgehead atoms. The van der Waals surface area contributed by atoms with Crippen molar-refractivity contribution in [1.29, 1.82) is 0 Å². The predicted molar refractivity (Wildman–Crippen MR) is 80.0 cm³/mol. The van der Waals surface area contributed by atoms with Crippen LogP contribution in [0, 0.1) is 30.6 Å². The van der Waals surface area contributed by atoms with Gasteiger partial charge in [-0.2, -0.15) is 0 Å². The van der Waals surface area contributed by atoms with Gasteiger partial charge in [-0.05, 0) is 48.4 Å². The van der Waals surface area contributed by atoms with E-state index in [0.717, 1.165) is 17.5 Å². The van der Waals surface area contributed by atoms with Crippen LogP contribution in [0.4, 0.5) is 0 Å². The van der Waals surface area contributed by atoms with Gasteiger partial charge in [-0.15, -0.1) is 0 Å². The normalized spacial score (nSPS) is 33.0. The van der Waals surface area contributed by atoms with Crippen LogP contribution in [0.25, 0.3) is 5.57 Å². The summed E-state index contributed by atoms with van der Waals surface area (Å²) in [5, 5.41) is 10.7. The summed E-state index contributed by atoms with van der Waals surface area (Å²) in [6.45, 7) is 1.96. The molecular weight excluding hydrogens is 264 g/mol. The Morgan fingerprint density at radius 2 is 1.90 bits per heavy atom. The van der Waals surface area contributed by atoms with E-state index in [4.69, 9.17) is 4.74 Å². The fourth-order valence-electron chi connectivity index (χ4n) is 4.28. The van der Waals surface area contributed by atoms with Crippen molar-refractivity contribution in [2.75, 3.05) is 7.11 Å². The first-order valence-electron chi connectivity index (χ1n) is 7.42. The number of ketones is 1. The number of methoxy groups -OCH3 is 1. The standard InChI is InChI=1S/C18H18O3/c1-9-3-6-12(21-2)8-13(9)16-17(19)14-10-4-5-11(7-10)15(14)18(16)20/h3-6,8,10-11,14-15,19H,7H2,1-2H3/t10-,11+,14?,15?/m0/s1. The summed E-state index contributed by atoms with van der Waals surface area (Å²) in [4.78, 5) is 12.8. The van der Waals surface area contributed by atoms with Gasteiger partial charge in [0.2, 0.25) is 0 Å². The summed E-state index contributed by atoms with van der Waals surface area (Å²) in [6.07, 6.45) is 5.32. The number of carbonyl (C=O) groups excluding carboxylic acids is 1. The lowest BCUT2D eigenvalue weighted by molar-refractivity contribution is -0.118. The molecule has 2 unspecified atom stereocenters. The van der Waals surface area contributed by atoms with E-state index in [-0.39, 0.29) is 17.6 Å². The van der Waals surface area contributed by atoms with Gasteiger partial charge in [0.05, 0.1) is 12.7 Å². The van der Waals surface area contributed by atoms with Crippen molar-refractivity contribution in [1.82, 2.24) is 0 Å². The van der Waals surface area contributed by atoms with Gasteiger partial charge >= 0.3 is 0 Å². The van der Waals surface area contributed by atoms with Gasteiger partial charge in [-0.3, -0.25) is 4.79 Å². The molecular formula is C18H18O3. The number of ether oxygens (including phenoxy) is 1. The van der Waals surface area contributed by atoms with E-state index in [1.165, 1.54) is 0 Å². The second-order valence-corrected chi connectivity index (χ2v) is 6.31. The fraction of sp³-hybridized carbons (Fsp3) is 0.389. The Balaban J connectivity index is 1.84. The number of fused-ring (bicyclic) bond motifs is 5. The molecule has 1 aromatic carbocycles. The summed E-state index contributed by atoms with van der Waals surface area (Å²) in [5.74, 6) is 1.67. The Hall–Kier alpha value is -2.03. The number of allylic oxidation sites excluding steroid dienone is 4. The van der Waals surface area contributed by atoms with E-state index < -0.39 is 0 Å². The largest absolute Gasteiger partial charge is 0.511 e. The summed E-state index contributed by atoms with van der Waals surface area (Å²) in [6, 6.07) is 5.67. The average Bonchev–Trinajstić information content (AvgIpc) is 3.15. The maximum atomic E-state index is 12.8. The highest BCUT2D eigenvalue weighted by molar-refractivity contribution is 6.25. The molecule has 0 aromatic heterocycles. The minimum Gasteiger partial charge on any atom is -0.511 e. The second-order valence-electron chi connectivity index (χ2n) is 6.31. The molecule has 0 amide bonds. The molecule has 1 aromatic rings. The number of rotatable bonds is 2. The molecule has 3 heteroatoms. The molecule has 3 nitrogen and oxygen atoms in total. The smallest absolute Gasteiger partial charge is 0.171 e. The highest BCUT2D eigenvalue weighted by Gasteiger charge is 2.55. The molecule has 1 saturated carbocycles. The number of hydrogen-bond acceptors (Lipinski definition) is 3. The van der Waals surface area contributed by atoms with E-state index in [1.807, 2.05) is 25.1 Å². The SMILES string of the molecule is COc1ccc(C)c(C2=C(O)C3C(C2=O)[C@@H]2C=C[C@H]3C2)c1. The van der Waals surface area contributed by atoms with E-state index in [0.29, 0.717) is 28.9 Å².